The van der Waals surface area contributed by atoms with E-state index < -0.39 is 11.8 Å². The van der Waals surface area contributed by atoms with E-state index in [1.807, 2.05) is 6.07 Å². The lowest BCUT2D eigenvalue weighted by molar-refractivity contribution is -0.133. The van der Waals surface area contributed by atoms with Gasteiger partial charge in [-0.25, -0.2) is 4.98 Å². The van der Waals surface area contributed by atoms with Crippen LogP contribution < -0.4 is 15.4 Å². The van der Waals surface area contributed by atoms with Gasteiger partial charge >= 0.3 is 11.8 Å². The fourth-order valence-corrected chi connectivity index (χ4v) is 2.23. The highest BCUT2D eigenvalue weighted by Crippen LogP contribution is 2.22. The molecule has 3 aromatic rings. The van der Waals surface area contributed by atoms with Crippen LogP contribution in [0, 0.1) is 11.3 Å². The predicted molar refractivity (Wildman–Crippen MR) is 101 cm³/mol. The minimum Gasteiger partial charge on any atom is -0.439 e. The van der Waals surface area contributed by atoms with E-state index in [1.54, 1.807) is 36.4 Å². The third-order valence-electron chi connectivity index (χ3n) is 3.36. The van der Waals surface area contributed by atoms with Gasteiger partial charge in [0.15, 0.2) is 0 Å². The smallest absolute Gasteiger partial charge is 0.314 e. The lowest BCUT2D eigenvalue weighted by Crippen LogP contribution is -2.28. The Kier molecular flexibility index (Phi) is 5.84. The molecule has 0 radical (unpaired) electrons. The van der Waals surface area contributed by atoms with Crippen molar-refractivity contribution < 1.29 is 14.3 Å². The van der Waals surface area contributed by atoms with Gasteiger partial charge in [0, 0.05) is 17.3 Å². The summed E-state index contributed by atoms with van der Waals surface area (Å²) in [6.07, 6.45) is 4.15. The summed E-state index contributed by atoms with van der Waals surface area (Å²) in [6, 6.07) is 11.8. The normalized spacial score (nSPS) is 10.0. The number of hydrogen-bond donors (Lipinski definition) is 2. The first-order chi connectivity index (χ1) is 13.5. The zero-order valence-electron chi connectivity index (χ0n) is 14.3. The van der Waals surface area contributed by atoms with E-state index in [0.29, 0.717) is 28.0 Å². The Labute approximate surface area is 164 Å². The van der Waals surface area contributed by atoms with Crippen molar-refractivity contribution >= 4 is 34.8 Å². The van der Waals surface area contributed by atoms with Gasteiger partial charge < -0.3 is 15.4 Å². The van der Waals surface area contributed by atoms with Crippen LogP contribution in [0.2, 0.25) is 5.02 Å². The molecule has 0 aliphatic heterocycles. The van der Waals surface area contributed by atoms with Gasteiger partial charge in [0.1, 0.15) is 12.3 Å². The average molecular weight is 397 g/mol. The maximum absolute atomic E-state index is 12.0. The summed E-state index contributed by atoms with van der Waals surface area (Å²) in [5, 5.41) is 17.9. The Morgan fingerprint density at radius 2 is 1.79 bits per heavy atom. The molecular formula is C18H13ClN6O3. The maximum atomic E-state index is 12.0. The van der Waals surface area contributed by atoms with Crippen molar-refractivity contribution in [3.63, 3.8) is 0 Å². The lowest BCUT2D eigenvalue weighted by Gasteiger charge is -2.07. The number of rotatable bonds is 5. The van der Waals surface area contributed by atoms with Crippen molar-refractivity contribution in [2.24, 2.45) is 0 Å². The van der Waals surface area contributed by atoms with E-state index in [9.17, 15) is 9.59 Å². The van der Waals surface area contributed by atoms with E-state index in [-0.39, 0.29) is 6.54 Å². The van der Waals surface area contributed by atoms with Gasteiger partial charge in [-0.05, 0) is 30.3 Å². The fraction of sp³-hybridized carbons (Fsp3) is 0.0556. The number of hydrogen-bond acceptors (Lipinski definition) is 6. The third kappa shape index (κ3) is 5.06. The Balaban J connectivity index is 1.55. The molecule has 0 aliphatic rings. The molecule has 2 aromatic heterocycles. The highest BCUT2D eigenvalue weighted by atomic mass is 35.5. The minimum absolute atomic E-state index is 0.0399. The summed E-state index contributed by atoms with van der Waals surface area (Å²) in [5.41, 5.74) is 0.629. The van der Waals surface area contributed by atoms with Crippen LogP contribution in [-0.4, -0.2) is 26.6 Å². The minimum atomic E-state index is -0.877. The molecule has 0 saturated carbocycles. The van der Waals surface area contributed by atoms with Gasteiger partial charge in [-0.2, -0.15) is 10.4 Å². The molecule has 10 heteroatoms. The van der Waals surface area contributed by atoms with Gasteiger partial charge in [-0.1, -0.05) is 11.6 Å². The molecule has 0 spiro atoms. The standard InChI is InChI=1S/C18H13ClN6O3/c19-12-1-4-15(5-2-12)28-16-6-3-13(9-21-16)23-17(26)18(27)24-14-10-22-25(11-14)8-7-20/h1-6,9-11H,8H2,(H,23,26)(H,24,27). The van der Waals surface area contributed by atoms with Crippen LogP contribution in [0.1, 0.15) is 0 Å². The zero-order chi connectivity index (χ0) is 19.9. The molecule has 0 unspecified atom stereocenters. The third-order valence-corrected chi connectivity index (χ3v) is 3.61. The summed E-state index contributed by atoms with van der Waals surface area (Å²) in [7, 11) is 0. The molecule has 0 saturated heterocycles. The molecule has 2 amide bonds. The number of benzene rings is 1. The molecule has 3 rings (SSSR count). The topological polar surface area (TPSA) is 122 Å². The molecule has 0 atom stereocenters. The molecule has 0 fully saturated rings. The van der Waals surface area contributed by atoms with Crippen molar-refractivity contribution in [1.82, 2.24) is 14.8 Å². The lowest BCUT2D eigenvalue weighted by atomic mass is 10.3. The molecule has 0 aliphatic carbocycles. The number of nitrogens with one attached hydrogen (secondary N) is 2. The van der Waals surface area contributed by atoms with E-state index >= 15 is 0 Å². The molecule has 9 nitrogen and oxygen atoms in total. The number of carbonyl (C=O) groups excluding carboxylic acids is 2. The van der Waals surface area contributed by atoms with Crippen LogP contribution in [0.25, 0.3) is 0 Å². The Bertz CT molecular complexity index is 1020. The highest BCUT2D eigenvalue weighted by Gasteiger charge is 2.15. The fourth-order valence-electron chi connectivity index (χ4n) is 2.10. The first kappa shape index (κ1) is 18.9. The van der Waals surface area contributed by atoms with E-state index in [4.69, 9.17) is 21.6 Å². The molecule has 0 bridgehead atoms. The number of halogens is 1. The Morgan fingerprint density at radius 3 is 2.43 bits per heavy atom. The number of aromatic nitrogens is 3. The molecule has 140 valence electrons. The SMILES string of the molecule is N#CCn1cc(NC(=O)C(=O)Nc2ccc(Oc3ccc(Cl)cc3)nc2)cn1. The number of amides is 2. The van der Waals surface area contributed by atoms with E-state index in [2.05, 4.69) is 20.7 Å². The molecular weight excluding hydrogens is 384 g/mol. The van der Waals surface area contributed by atoms with Crippen LogP contribution in [0.5, 0.6) is 11.6 Å². The van der Waals surface area contributed by atoms with Gasteiger partial charge in [0.25, 0.3) is 0 Å². The van der Waals surface area contributed by atoms with Gasteiger partial charge in [0.05, 0.1) is 29.8 Å². The second kappa shape index (κ2) is 8.66. The van der Waals surface area contributed by atoms with Crippen molar-refractivity contribution in [1.29, 1.82) is 5.26 Å². The van der Waals surface area contributed by atoms with Crippen LogP contribution in [0.15, 0.2) is 55.0 Å². The Morgan fingerprint density at radius 1 is 1.07 bits per heavy atom. The van der Waals surface area contributed by atoms with Crippen LogP contribution in [0.3, 0.4) is 0 Å². The molecule has 2 N–H and O–H groups in total. The molecule has 2 heterocycles. The highest BCUT2D eigenvalue weighted by molar-refractivity contribution is 6.43. The van der Waals surface area contributed by atoms with Gasteiger partial charge in [-0.15, -0.1) is 0 Å². The van der Waals surface area contributed by atoms with Crippen LogP contribution in [-0.2, 0) is 16.1 Å². The maximum Gasteiger partial charge on any atom is 0.314 e. The first-order valence-electron chi connectivity index (χ1n) is 7.95. The van der Waals surface area contributed by atoms with Crippen molar-refractivity contribution in [3.05, 3.63) is 60.0 Å². The number of nitriles is 1. The van der Waals surface area contributed by atoms with Crippen LogP contribution >= 0.6 is 11.6 Å². The van der Waals surface area contributed by atoms with Crippen molar-refractivity contribution in [3.8, 4) is 17.7 Å². The largest absolute Gasteiger partial charge is 0.439 e. The summed E-state index contributed by atoms with van der Waals surface area (Å²) < 4.78 is 6.88. The summed E-state index contributed by atoms with van der Waals surface area (Å²) in [6.45, 7) is 0.0399. The monoisotopic (exact) mass is 396 g/mol. The van der Waals surface area contributed by atoms with Gasteiger partial charge in [0.2, 0.25) is 5.88 Å². The summed E-state index contributed by atoms with van der Waals surface area (Å²) in [4.78, 5) is 28.0. The number of pyridine rings is 1. The Hall–Kier alpha value is -3.90. The number of anilines is 2. The number of nitrogens with zero attached hydrogens (tertiary/aromatic N) is 4. The molecule has 1 aromatic carbocycles. The van der Waals surface area contributed by atoms with Crippen molar-refractivity contribution in [2.75, 3.05) is 10.6 Å². The second-order valence-electron chi connectivity index (χ2n) is 5.43. The number of ether oxygens (including phenoxy) is 1. The average Bonchev–Trinajstić information content (AvgIpc) is 3.12. The quantitative estimate of drug-likeness (QED) is 0.639. The summed E-state index contributed by atoms with van der Waals surface area (Å²) >= 11 is 5.81. The second-order valence-corrected chi connectivity index (χ2v) is 5.87. The van der Waals surface area contributed by atoms with Crippen molar-refractivity contribution in [2.45, 2.75) is 6.54 Å². The predicted octanol–water partition coefficient (Wildman–Crippen LogP) is 2.82. The van der Waals surface area contributed by atoms with E-state index in [0.717, 1.165) is 0 Å². The molecule has 28 heavy (non-hydrogen) atoms. The first-order valence-corrected chi connectivity index (χ1v) is 8.32. The number of carbonyl (C=O) groups is 2. The zero-order valence-corrected chi connectivity index (χ0v) is 15.1. The van der Waals surface area contributed by atoms with E-state index in [1.165, 1.54) is 23.3 Å². The summed E-state index contributed by atoms with van der Waals surface area (Å²) in [5.74, 6) is -0.876. The van der Waals surface area contributed by atoms with Crippen LogP contribution in [0.4, 0.5) is 11.4 Å². The van der Waals surface area contributed by atoms with Gasteiger partial charge in [-0.3, -0.25) is 14.3 Å².